The van der Waals surface area contributed by atoms with Crippen LogP contribution in [0.2, 0.25) is 0 Å². The van der Waals surface area contributed by atoms with E-state index in [1.807, 2.05) is 0 Å². The quantitative estimate of drug-likeness (QED) is 0.0262. The van der Waals surface area contributed by atoms with Crippen LogP contribution in [0.4, 0.5) is 0 Å². The number of hydrogen-bond acceptors (Lipinski definition) is 6. The molecule has 6 heteroatoms. The monoisotopic (exact) mass is 963 g/mol. The molecule has 1 atom stereocenters. The van der Waals surface area contributed by atoms with E-state index in [2.05, 4.69) is 93.7 Å². The van der Waals surface area contributed by atoms with Crippen molar-refractivity contribution in [2.75, 3.05) is 13.2 Å². The largest absolute Gasteiger partial charge is 0.462 e. The first-order chi connectivity index (χ1) is 34.0. The number of esters is 3. The highest BCUT2D eigenvalue weighted by atomic mass is 16.6. The molecule has 0 aliphatic rings. The molecular weight excluding hydrogens is 853 g/mol. The Balaban J connectivity index is 4.36. The molecule has 0 amide bonds. The highest BCUT2D eigenvalue weighted by molar-refractivity contribution is 5.71. The molecular formula is C63H110O6. The molecule has 0 radical (unpaired) electrons. The Labute approximate surface area is 427 Å². The topological polar surface area (TPSA) is 78.9 Å². The number of carbonyl (C=O) groups excluding carboxylic acids is 3. The SMILES string of the molecule is CC/C=C\C/C=C\C/C=C\C/C=C\C/C=C\CCCCCC(=O)O[C@@H](COC(=O)CCCCCCCCCCCCC)COC(=O)CCCCCCCCCCCCC/C=C\CCCCCCCC. The number of ether oxygens (including phenoxy) is 3. The zero-order valence-corrected chi connectivity index (χ0v) is 45.6. The maximum absolute atomic E-state index is 12.8. The van der Waals surface area contributed by atoms with Gasteiger partial charge in [0.05, 0.1) is 0 Å². The van der Waals surface area contributed by atoms with Crippen LogP contribution in [0.3, 0.4) is 0 Å². The fourth-order valence-electron chi connectivity index (χ4n) is 8.29. The third-order valence-corrected chi connectivity index (χ3v) is 12.7. The summed E-state index contributed by atoms with van der Waals surface area (Å²) in [5.41, 5.74) is 0. The molecule has 69 heavy (non-hydrogen) atoms. The molecule has 0 bridgehead atoms. The van der Waals surface area contributed by atoms with Gasteiger partial charge in [-0.25, -0.2) is 0 Å². The van der Waals surface area contributed by atoms with Crippen LogP contribution in [-0.2, 0) is 28.6 Å². The molecule has 0 saturated carbocycles. The van der Waals surface area contributed by atoms with Crippen LogP contribution in [-0.4, -0.2) is 37.2 Å². The van der Waals surface area contributed by atoms with Crippen molar-refractivity contribution in [1.82, 2.24) is 0 Å². The summed E-state index contributed by atoms with van der Waals surface area (Å²) in [5.74, 6) is -0.911. The van der Waals surface area contributed by atoms with E-state index in [0.717, 1.165) is 96.3 Å². The van der Waals surface area contributed by atoms with Gasteiger partial charge >= 0.3 is 17.9 Å². The lowest BCUT2D eigenvalue weighted by atomic mass is 10.0. The Morgan fingerprint density at radius 1 is 0.304 bits per heavy atom. The fraction of sp³-hybridized carbons (Fsp3) is 0.762. The van der Waals surface area contributed by atoms with Gasteiger partial charge in [0, 0.05) is 19.3 Å². The van der Waals surface area contributed by atoms with Crippen molar-refractivity contribution in [1.29, 1.82) is 0 Å². The second kappa shape index (κ2) is 57.4. The molecule has 0 aromatic rings. The summed E-state index contributed by atoms with van der Waals surface area (Å²) in [5, 5.41) is 0. The van der Waals surface area contributed by atoms with Gasteiger partial charge in [-0.1, -0.05) is 254 Å². The molecule has 0 unspecified atom stereocenters. The molecule has 0 aliphatic carbocycles. The van der Waals surface area contributed by atoms with E-state index in [1.165, 1.54) is 154 Å². The molecule has 0 spiro atoms. The highest BCUT2D eigenvalue weighted by Crippen LogP contribution is 2.16. The second-order valence-corrected chi connectivity index (χ2v) is 19.5. The van der Waals surface area contributed by atoms with E-state index in [1.54, 1.807) is 0 Å². The van der Waals surface area contributed by atoms with Crippen LogP contribution in [0.15, 0.2) is 72.9 Å². The van der Waals surface area contributed by atoms with Gasteiger partial charge in [-0.15, -0.1) is 0 Å². The van der Waals surface area contributed by atoms with Crippen LogP contribution < -0.4 is 0 Å². The first-order valence-electron chi connectivity index (χ1n) is 29.4. The Bertz CT molecular complexity index is 1290. The zero-order chi connectivity index (χ0) is 50.0. The molecule has 0 heterocycles. The predicted molar refractivity (Wildman–Crippen MR) is 298 cm³/mol. The van der Waals surface area contributed by atoms with Crippen LogP contribution in [0, 0.1) is 0 Å². The van der Waals surface area contributed by atoms with Crippen molar-refractivity contribution in [3.8, 4) is 0 Å². The van der Waals surface area contributed by atoms with Crippen molar-refractivity contribution < 1.29 is 28.6 Å². The number of allylic oxidation sites excluding steroid dienone is 12. The summed E-state index contributed by atoms with van der Waals surface area (Å²) in [7, 11) is 0. The van der Waals surface area contributed by atoms with Crippen LogP contribution in [0.25, 0.3) is 0 Å². The third-order valence-electron chi connectivity index (χ3n) is 12.7. The lowest BCUT2D eigenvalue weighted by Gasteiger charge is -2.18. The second-order valence-electron chi connectivity index (χ2n) is 19.5. The summed E-state index contributed by atoms with van der Waals surface area (Å²) in [6.07, 6.45) is 73.3. The standard InChI is InChI=1S/C63H110O6/c1-4-7-10-13-16-19-22-24-26-28-30-31-33-34-36-38-41-44-47-50-53-56-62(65)68-59-60(58-67-61(64)55-52-49-46-43-40-21-18-15-12-9-6-3)69-63(66)57-54-51-48-45-42-39-37-35-32-29-27-25-23-20-17-14-11-8-5-2/h8,11,17,20,24-27,32,35,39,42,60H,4-7,9-10,12-16,18-19,21-23,28-31,33-34,36-38,40-41,43-59H2,1-3H3/b11-8-,20-17-,26-24-,27-25-,35-32-,42-39-/t60-/m0/s1. The van der Waals surface area contributed by atoms with Crippen LogP contribution in [0.5, 0.6) is 0 Å². The number of rotatable bonds is 53. The van der Waals surface area contributed by atoms with Gasteiger partial charge in [-0.3, -0.25) is 14.4 Å². The van der Waals surface area contributed by atoms with E-state index in [4.69, 9.17) is 14.2 Å². The Morgan fingerprint density at radius 3 is 0.913 bits per heavy atom. The van der Waals surface area contributed by atoms with E-state index in [-0.39, 0.29) is 31.1 Å². The minimum atomic E-state index is -0.791. The minimum Gasteiger partial charge on any atom is -0.462 e. The summed E-state index contributed by atoms with van der Waals surface area (Å²) < 4.78 is 16.8. The molecule has 0 aromatic heterocycles. The Kier molecular flexibility index (Phi) is 54.8. The third kappa shape index (κ3) is 55.6. The lowest BCUT2D eigenvalue weighted by Crippen LogP contribution is -2.30. The van der Waals surface area contributed by atoms with Gasteiger partial charge < -0.3 is 14.2 Å². The van der Waals surface area contributed by atoms with Crippen LogP contribution >= 0.6 is 0 Å². The van der Waals surface area contributed by atoms with Crippen LogP contribution in [0.1, 0.15) is 290 Å². The molecule has 0 rings (SSSR count). The zero-order valence-electron chi connectivity index (χ0n) is 45.6. The van der Waals surface area contributed by atoms with Crippen molar-refractivity contribution in [3.63, 3.8) is 0 Å². The van der Waals surface area contributed by atoms with Crippen molar-refractivity contribution in [2.45, 2.75) is 297 Å². The van der Waals surface area contributed by atoms with E-state index < -0.39 is 6.10 Å². The number of unbranched alkanes of at least 4 members (excludes halogenated alkanes) is 30. The molecule has 0 aliphatic heterocycles. The van der Waals surface area contributed by atoms with E-state index >= 15 is 0 Å². The molecule has 6 nitrogen and oxygen atoms in total. The first-order valence-corrected chi connectivity index (χ1v) is 29.4. The highest BCUT2D eigenvalue weighted by Gasteiger charge is 2.19. The van der Waals surface area contributed by atoms with Gasteiger partial charge in [-0.2, -0.15) is 0 Å². The Hall–Kier alpha value is -3.15. The summed E-state index contributed by atoms with van der Waals surface area (Å²) in [6.45, 7) is 6.51. The smallest absolute Gasteiger partial charge is 0.306 e. The molecule has 0 aromatic carbocycles. The molecule has 398 valence electrons. The number of carbonyl (C=O) groups is 3. The average Bonchev–Trinajstić information content (AvgIpc) is 3.35. The normalized spacial score (nSPS) is 12.6. The van der Waals surface area contributed by atoms with Crippen molar-refractivity contribution >= 4 is 17.9 Å². The first kappa shape index (κ1) is 65.8. The number of hydrogen-bond donors (Lipinski definition) is 0. The van der Waals surface area contributed by atoms with Gasteiger partial charge in [0.15, 0.2) is 6.10 Å². The average molecular weight is 964 g/mol. The molecule has 0 saturated heterocycles. The van der Waals surface area contributed by atoms with E-state index in [9.17, 15) is 14.4 Å². The van der Waals surface area contributed by atoms with Gasteiger partial charge in [-0.05, 0) is 89.9 Å². The fourth-order valence-corrected chi connectivity index (χ4v) is 8.29. The molecule has 0 fully saturated rings. The lowest BCUT2D eigenvalue weighted by molar-refractivity contribution is -0.167. The predicted octanol–water partition coefficient (Wildman–Crippen LogP) is 19.8. The van der Waals surface area contributed by atoms with Gasteiger partial charge in [0.25, 0.3) is 0 Å². The van der Waals surface area contributed by atoms with Gasteiger partial charge in [0.1, 0.15) is 13.2 Å². The van der Waals surface area contributed by atoms with Crippen molar-refractivity contribution in [2.24, 2.45) is 0 Å². The van der Waals surface area contributed by atoms with Crippen molar-refractivity contribution in [3.05, 3.63) is 72.9 Å². The Morgan fingerprint density at radius 2 is 0.565 bits per heavy atom. The molecule has 0 N–H and O–H groups in total. The summed E-state index contributed by atoms with van der Waals surface area (Å²) >= 11 is 0. The van der Waals surface area contributed by atoms with E-state index in [0.29, 0.717) is 19.3 Å². The summed E-state index contributed by atoms with van der Waals surface area (Å²) in [6, 6.07) is 0. The summed E-state index contributed by atoms with van der Waals surface area (Å²) in [4.78, 5) is 38.1. The maximum Gasteiger partial charge on any atom is 0.306 e. The minimum absolute atomic E-state index is 0.0866. The van der Waals surface area contributed by atoms with Gasteiger partial charge in [0.2, 0.25) is 0 Å². The maximum atomic E-state index is 12.8.